The summed E-state index contributed by atoms with van der Waals surface area (Å²) >= 11 is 0. The van der Waals surface area contributed by atoms with Crippen molar-refractivity contribution in [3.05, 3.63) is 29.6 Å². The lowest BCUT2D eigenvalue weighted by molar-refractivity contribution is -0.122. The van der Waals surface area contributed by atoms with E-state index in [9.17, 15) is 19.1 Å². The number of nitrogens with one attached hydrogen (secondary N) is 1. The normalized spacial score (nSPS) is 22.3. The first-order valence-corrected chi connectivity index (χ1v) is 8.24. The molecule has 2 N–H and O–H groups in total. The molecule has 6 nitrogen and oxygen atoms in total. The maximum atomic E-state index is 14.1. The van der Waals surface area contributed by atoms with Crippen LogP contribution in [-0.4, -0.2) is 52.1 Å². The van der Waals surface area contributed by atoms with Gasteiger partial charge in [0.05, 0.1) is 31.4 Å². The zero-order chi connectivity index (χ0) is 17.4. The molecule has 0 aromatic heterocycles. The third-order valence-electron chi connectivity index (χ3n) is 4.85. The van der Waals surface area contributed by atoms with E-state index in [0.717, 1.165) is 0 Å². The van der Waals surface area contributed by atoms with Crippen molar-refractivity contribution < 1.29 is 19.1 Å². The van der Waals surface area contributed by atoms with Crippen molar-refractivity contribution in [1.82, 2.24) is 9.80 Å². The number of amides is 3. The summed E-state index contributed by atoms with van der Waals surface area (Å²) in [5.41, 5.74) is 0.721. The monoisotopic (exact) mass is 335 g/mol. The van der Waals surface area contributed by atoms with Crippen molar-refractivity contribution in [3.63, 3.8) is 0 Å². The zero-order valence-corrected chi connectivity index (χ0v) is 13.8. The highest BCUT2D eigenvalue weighted by molar-refractivity contribution is 5.99. The van der Waals surface area contributed by atoms with Crippen molar-refractivity contribution in [2.75, 3.05) is 18.4 Å². The van der Waals surface area contributed by atoms with Crippen LogP contribution in [0.4, 0.5) is 14.9 Å². The van der Waals surface area contributed by atoms with Gasteiger partial charge in [0, 0.05) is 0 Å². The number of hydrogen-bond donors (Lipinski definition) is 2. The van der Waals surface area contributed by atoms with E-state index in [-0.39, 0.29) is 43.2 Å². The Balaban J connectivity index is 1.97. The number of halogens is 1. The Kier molecular flexibility index (Phi) is 4.45. The van der Waals surface area contributed by atoms with Gasteiger partial charge in [0.15, 0.2) is 0 Å². The number of fused-ring (bicyclic) bond motifs is 1. The molecule has 1 aromatic rings. The summed E-state index contributed by atoms with van der Waals surface area (Å²) in [5, 5.41) is 12.1. The number of carbonyl (C=O) groups excluding carboxylic acids is 2. The molecule has 0 spiro atoms. The number of urea groups is 1. The Morgan fingerprint density at radius 1 is 1.46 bits per heavy atom. The van der Waals surface area contributed by atoms with Crippen molar-refractivity contribution in [1.29, 1.82) is 0 Å². The summed E-state index contributed by atoms with van der Waals surface area (Å²) in [4.78, 5) is 28.5. The first-order valence-electron chi connectivity index (χ1n) is 8.24. The average Bonchev–Trinajstić information content (AvgIpc) is 2.68. The van der Waals surface area contributed by atoms with E-state index in [2.05, 4.69) is 5.32 Å². The Morgan fingerprint density at radius 3 is 2.79 bits per heavy atom. The fraction of sp³-hybridized carbons (Fsp3) is 0.529. The molecular formula is C17H22FN3O3. The first-order chi connectivity index (χ1) is 11.4. The molecule has 2 unspecified atom stereocenters. The summed E-state index contributed by atoms with van der Waals surface area (Å²) in [6.45, 7) is 4.54. The Morgan fingerprint density at radius 2 is 2.17 bits per heavy atom. The molecule has 2 atom stereocenters. The SMILES string of the molecule is CCC(C)C1C(=O)Nc2c(F)cccc2CN1C(=O)N1CC(O)C1. The van der Waals surface area contributed by atoms with Crippen LogP contribution < -0.4 is 5.32 Å². The van der Waals surface area contributed by atoms with E-state index in [1.165, 1.54) is 15.9 Å². The number of para-hydroxylation sites is 1. The summed E-state index contributed by atoms with van der Waals surface area (Å²) in [7, 11) is 0. The molecule has 2 heterocycles. The molecule has 2 aliphatic heterocycles. The predicted molar refractivity (Wildman–Crippen MR) is 86.8 cm³/mol. The van der Waals surface area contributed by atoms with Gasteiger partial charge in [-0.15, -0.1) is 0 Å². The number of hydrogen-bond acceptors (Lipinski definition) is 3. The number of nitrogens with zero attached hydrogens (tertiary/aromatic N) is 2. The van der Waals surface area contributed by atoms with Gasteiger partial charge in [0.25, 0.3) is 0 Å². The number of carbonyl (C=O) groups is 2. The standard InChI is InChI=1S/C17H22FN3O3/c1-3-10(2)15-16(23)19-14-11(5-4-6-13(14)18)7-21(15)17(24)20-8-12(22)9-20/h4-6,10,12,15,22H,3,7-9H2,1-2H3,(H,19,23). The summed E-state index contributed by atoms with van der Waals surface area (Å²) in [5.74, 6) is -0.947. The van der Waals surface area contributed by atoms with E-state index in [1.807, 2.05) is 13.8 Å². The van der Waals surface area contributed by atoms with E-state index in [1.54, 1.807) is 12.1 Å². The first kappa shape index (κ1) is 16.7. The smallest absolute Gasteiger partial charge is 0.321 e. The van der Waals surface area contributed by atoms with E-state index < -0.39 is 18.0 Å². The molecule has 0 bridgehead atoms. The van der Waals surface area contributed by atoms with Crippen LogP contribution in [0, 0.1) is 11.7 Å². The number of β-amino-alcohol motifs (C(OH)–C–C–N with tert-alkyl or cyclic N) is 1. The topological polar surface area (TPSA) is 72.9 Å². The average molecular weight is 335 g/mol. The largest absolute Gasteiger partial charge is 0.389 e. The second-order valence-corrected chi connectivity index (χ2v) is 6.56. The predicted octanol–water partition coefficient (Wildman–Crippen LogP) is 1.79. The summed E-state index contributed by atoms with van der Waals surface area (Å²) < 4.78 is 14.1. The molecule has 130 valence electrons. The summed E-state index contributed by atoms with van der Waals surface area (Å²) in [6, 6.07) is 3.61. The fourth-order valence-corrected chi connectivity index (χ4v) is 3.23. The maximum absolute atomic E-state index is 14.1. The Labute approximate surface area is 140 Å². The van der Waals surface area contributed by atoms with Crippen molar-refractivity contribution in [2.45, 2.75) is 39.0 Å². The molecule has 0 radical (unpaired) electrons. The molecule has 3 rings (SSSR count). The van der Waals surface area contributed by atoms with Crippen molar-refractivity contribution >= 4 is 17.6 Å². The zero-order valence-electron chi connectivity index (χ0n) is 13.8. The maximum Gasteiger partial charge on any atom is 0.321 e. The van der Waals surface area contributed by atoms with Crippen LogP contribution >= 0.6 is 0 Å². The van der Waals surface area contributed by atoms with Crippen LogP contribution in [0.15, 0.2) is 18.2 Å². The number of rotatable bonds is 2. The van der Waals surface area contributed by atoms with Gasteiger partial charge in [0.2, 0.25) is 5.91 Å². The van der Waals surface area contributed by atoms with Gasteiger partial charge in [-0.3, -0.25) is 4.79 Å². The highest BCUT2D eigenvalue weighted by atomic mass is 19.1. The van der Waals surface area contributed by atoms with E-state index >= 15 is 0 Å². The van der Waals surface area contributed by atoms with Gasteiger partial charge >= 0.3 is 6.03 Å². The number of anilines is 1. The molecule has 0 aliphatic carbocycles. The lowest BCUT2D eigenvalue weighted by Crippen LogP contribution is -2.60. The Bertz CT molecular complexity index is 660. The second-order valence-electron chi connectivity index (χ2n) is 6.56. The van der Waals surface area contributed by atoms with Gasteiger partial charge < -0.3 is 20.2 Å². The van der Waals surface area contributed by atoms with Gasteiger partial charge in [-0.25, -0.2) is 9.18 Å². The molecule has 3 amide bonds. The Hall–Kier alpha value is -2.15. The van der Waals surface area contributed by atoms with Gasteiger partial charge in [-0.05, 0) is 17.5 Å². The number of benzene rings is 1. The third-order valence-corrected chi connectivity index (χ3v) is 4.85. The fourth-order valence-electron chi connectivity index (χ4n) is 3.23. The van der Waals surface area contributed by atoms with E-state index in [4.69, 9.17) is 0 Å². The van der Waals surface area contributed by atoms with Crippen molar-refractivity contribution in [2.24, 2.45) is 5.92 Å². The van der Waals surface area contributed by atoms with Crippen molar-refractivity contribution in [3.8, 4) is 0 Å². The van der Waals surface area contributed by atoms with Crippen LogP contribution in [0.25, 0.3) is 0 Å². The quantitative estimate of drug-likeness (QED) is 0.865. The minimum absolute atomic E-state index is 0.0717. The van der Waals surface area contributed by atoms with Crippen LogP contribution in [-0.2, 0) is 11.3 Å². The molecule has 2 aliphatic rings. The molecule has 1 aromatic carbocycles. The minimum Gasteiger partial charge on any atom is -0.389 e. The third kappa shape index (κ3) is 2.84. The minimum atomic E-state index is -0.674. The van der Waals surface area contributed by atoms with Crippen LogP contribution in [0.3, 0.4) is 0 Å². The number of aliphatic hydroxyl groups is 1. The van der Waals surface area contributed by atoms with Crippen LogP contribution in [0.2, 0.25) is 0 Å². The number of likely N-dealkylation sites (tertiary alicyclic amines) is 1. The lowest BCUT2D eigenvalue weighted by atomic mass is 9.96. The molecule has 1 fully saturated rings. The lowest BCUT2D eigenvalue weighted by Gasteiger charge is -2.42. The highest BCUT2D eigenvalue weighted by Crippen LogP contribution is 2.30. The molecule has 0 saturated carbocycles. The molecular weight excluding hydrogens is 313 g/mol. The van der Waals surface area contributed by atoms with Gasteiger partial charge in [0.1, 0.15) is 11.9 Å². The van der Waals surface area contributed by atoms with Crippen LogP contribution in [0.5, 0.6) is 0 Å². The summed E-state index contributed by atoms with van der Waals surface area (Å²) in [6.07, 6.45) is 0.199. The highest BCUT2D eigenvalue weighted by Gasteiger charge is 2.41. The van der Waals surface area contributed by atoms with Gasteiger partial charge in [-0.2, -0.15) is 0 Å². The molecule has 7 heteroatoms. The van der Waals surface area contributed by atoms with Crippen LogP contribution in [0.1, 0.15) is 25.8 Å². The number of aliphatic hydroxyl groups excluding tert-OH is 1. The molecule has 24 heavy (non-hydrogen) atoms. The van der Waals surface area contributed by atoms with E-state index in [0.29, 0.717) is 12.0 Å². The molecule has 1 saturated heterocycles. The second kappa shape index (κ2) is 6.39. The van der Waals surface area contributed by atoms with Gasteiger partial charge in [-0.1, -0.05) is 32.4 Å².